The highest BCUT2D eigenvalue weighted by Gasteiger charge is 2.21. The second kappa shape index (κ2) is 23.0. The van der Waals surface area contributed by atoms with Crippen LogP contribution in [0.15, 0.2) is 60.9 Å². The first-order valence-electron chi connectivity index (χ1n) is 18.6. The largest absolute Gasteiger partial charge is 0.466 e. The Morgan fingerprint density at radius 2 is 0.789 bits per heavy atom. The molecule has 57 heavy (non-hydrogen) atoms. The third kappa shape index (κ3) is 23.8. The molecule has 12 N–H and O–H groups in total. The number of benzene rings is 2. The lowest BCUT2D eigenvalue weighted by atomic mass is 10.1. The van der Waals surface area contributed by atoms with E-state index in [0.717, 1.165) is 33.2 Å². The molecular weight excluding hydrogens is 883 g/mol. The van der Waals surface area contributed by atoms with Gasteiger partial charge in [0.05, 0.1) is 11.0 Å². The van der Waals surface area contributed by atoms with Crippen molar-refractivity contribution < 1.29 is 85.2 Å². The van der Waals surface area contributed by atoms with Gasteiger partial charge in [-0.15, -0.1) is 0 Å². The molecule has 22 nitrogen and oxygen atoms in total. The quantitative estimate of drug-likeness (QED) is 0.122. The number of nitrogens with zero attached hydrogens (tertiary/aromatic N) is 6. The molecule has 2 aliphatic rings. The third-order valence-corrected chi connectivity index (χ3v) is 7.50. The van der Waals surface area contributed by atoms with Gasteiger partial charge in [-0.3, -0.25) is 19.8 Å². The Balaban J connectivity index is 0.000000571. The molecule has 0 unspecified atom stereocenters. The van der Waals surface area contributed by atoms with Crippen molar-refractivity contribution in [3.05, 3.63) is 71.0 Å². The maximum absolute atomic E-state index is 8.88. The number of rotatable bonds is 6. The highest BCUT2D eigenvalue weighted by molar-refractivity contribution is 7.45. The van der Waals surface area contributed by atoms with Gasteiger partial charge in [0.15, 0.2) is 0 Å². The van der Waals surface area contributed by atoms with Gasteiger partial charge >= 0.3 is 31.3 Å². The maximum atomic E-state index is 8.88. The summed E-state index contributed by atoms with van der Waals surface area (Å²) >= 11 is 12.3. The summed E-state index contributed by atoms with van der Waals surface area (Å²) in [6.07, 6.45) is 0.628. The van der Waals surface area contributed by atoms with Gasteiger partial charge in [0.25, 0.3) is 0 Å². The summed E-state index contributed by atoms with van der Waals surface area (Å²) in [7, 11) is -18.6. The van der Waals surface area contributed by atoms with Crippen LogP contribution in [-0.4, -0.2) is 144 Å². The summed E-state index contributed by atoms with van der Waals surface area (Å²) in [6, 6.07) is 14.9. The van der Waals surface area contributed by atoms with Crippen molar-refractivity contribution in [3.8, 4) is 0 Å². The molecule has 2 aliphatic heterocycles. The van der Waals surface area contributed by atoms with Crippen molar-refractivity contribution in [1.82, 2.24) is 19.8 Å². The van der Waals surface area contributed by atoms with E-state index in [0.29, 0.717) is 36.2 Å². The van der Waals surface area contributed by atoms with E-state index < -0.39 is 50.7 Å². The lowest BCUT2D eigenvalue weighted by Gasteiger charge is -2.38. The second-order valence-corrected chi connectivity index (χ2v) is 16.3. The van der Waals surface area contributed by atoms with Crippen LogP contribution >= 0.6 is 54.5 Å². The molecule has 2 aromatic carbocycles. The first-order valence-corrected chi connectivity index (χ1v) is 22.6. The standard InChI is InChI=1S/C29H32Cl2N6.4H3O4P/c30-22-2-4-24-26(20-22)32-8-6-28(24)36-16-12-34(13-17-36)10-1-11-35-14-18-37(19-15-35)29-7-9-33-27-21-23(31)3-5-25(27)29;4*1-5(2,3)4/h2-9,20-21H,1,10-19H2;4*(H3,1,2,3,4)/i1D2,10D2,11D2;;;;. The summed E-state index contributed by atoms with van der Waals surface area (Å²) in [5.41, 5.74) is 3.47. The van der Waals surface area contributed by atoms with Crippen LogP contribution in [-0.2, 0) is 18.3 Å². The molecule has 0 radical (unpaired) electrons. The van der Waals surface area contributed by atoms with Gasteiger partial charge in [-0.25, -0.2) is 18.3 Å². The molecule has 4 heterocycles. The molecule has 28 heteroatoms. The van der Waals surface area contributed by atoms with Crippen molar-refractivity contribution in [1.29, 1.82) is 0 Å². The molecule has 0 amide bonds. The Labute approximate surface area is 344 Å². The van der Waals surface area contributed by atoms with Crippen LogP contribution in [0.3, 0.4) is 0 Å². The molecule has 320 valence electrons. The van der Waals surface area contributed by atoms with Gasteiger partial charge in [0, 0.05) is 105 Å². The molecular formula is C29H44Cl2N6O16P4. The van der Waals surface area contributed by atoms with E-state index in [9.17, 15) is 0 Å². The number of fused-ring (bicyclic) bond motifs is 2. The number of hydrogen-bond donors (Lipinski definition) is 12. The monoisotopic (exact) mass is 932 g/mol. The first kappa shape index (κ1) is 41.5. The molecule has 0 spiro atoms. The number of halogens is 2. The van der Waals surface area contributed by atoms with E-state index in [1.165, 1.54) is 9.80 Å². The molecule has 0 atom stereocenters. The number of anilines is 2. The second-order valence-electron chi connectivity index (χ2n) is 11.3. The predicted molar refractivity (Wildman–Crippen MR) is 212 cm³/mol. The fraction of sp³-hybridized carbons (Fsp3) is 0.379. The number of pyridine rings is 2. The molecule has 0 saturated carbocycles. The third-order valence-electron chi connectivity index (χ3n) is 7.03. The lowest BCUT2D eigenvalue weighted by Crippen LogP contribution is -2.48. The minimum Gasteiger partial charge on any atom is -0.368 e. The van der Waals surface area contributed by atoms with Crippen molar-refractivity contribution in [2.75, 3.05) is 75.2 Å². The van der Waals surface area contributed by atoms with Gasteiger partial charge in [-0.2, -0.15) is 0 Å². The number of piperazine rings is 2. The average Bonchev–Trinajstić information content (AvgIpc) is 3.11. The van der Waals surface area contributed by atoms with Gasteiger partial charge < -0.3 is 68.5 Å². The summed E-state index contributed by atoms with van der Waals surface area (Å²) < 4.78 is 88.8. The van der Waals surface area contributed by atoms with Crippen LogP contribution < -0.4 is 9.80 Å². The topological polar surface area (TPSA) is 350 Å². The fourth-order valence-electron chi connectivity index (χ4n) is 5.07. The van der Waals surface area contributed by atoms with Gasteiger partial charge in [0.1, 0.15) is 0 Å². The van der Waals surface area contributed by atoms with Crippen molar-refractivity contribution in [3.63, 3.8) is 0 Å². The van der Waals surface area contributed by atoms with E-state index in [1.54, 1.807) is 24.5 Å². The number of phosphoric acid groups is 4. The highest BCUT2D eigenvalue weighted by atomic mass is 35.5. The highest BCUT2D eigenvalue weighted by Crippen LogP contribution is 2.31. The van der Waals surface area contributed by atoms with Gasteiger partial charge in [-0.1, -0.05) is 23.2 Å². The Hall–Kier alpha value is -2.20. The first-order chi connectivity index (χ1) is 28.4. The number of aromatic nitrogens is 2. The van der Waals surface area contributed by atoms with Gasteiger partial charge in [0.2, 0.25) is 0 Å². The zero-order valence-electron chi connectivity index (χ0n) is 35.2. The summed E-state index contributed by atoms with van der Waals surface area (Å²) in [6.45, 7) is -2.27. The Morgan fingerprint density at radius 1 is 0.509 bits per heavy atom. The molecule has 0 aliphatic carbocycles. The number of hydrogen-bond acceptors (Lipinski definition) is 10. The van der Waals surface area contributed by atoms with Crippen LogP contribution in [0.25, 0.3) is 21.8 Å². The predicted octanol–water partition coefficient (Wildman–Crippen LogP) is 1.71. The normalized spacial score (nSPS) is 17.9. The summed E-state index contributed by atoms with van der Waals surface area (Å²) in [4.78, 5) is 102. The van der Waals surface area contributed by atoms with E-state index in [2.05, 4.69) is 19.8 Å². The van der Waals surface area contributed by atoms with E-state index in [1.807, 2.05) is 36.4 Å². The Morgan fingerprint density at radius 3 is 1.07 bits per heavy atom. The van der Waals surface area contributed by atoms with E-state index >= 15 is 0 Å². The van der Waals surface area contributed by atoms with Crippen molar-refractivity contribution in [2.45, 2.75) is 6.37 Å². The van der Waals surface area contributed by atoms with Crippen LogP contribution in [0.5, 0.6) is 0 Å². The minimum atomic E-state index is -4.64. The lowest BCUT2D eigenvalue weighted by molar-refractivity contribution is 0.213. The molecule has 2 fully saturated rings. The fourth-order valence-corrected chi connectivity index (χ4v) is 5.40. The summed E-state index contributed by atoms with van der Waals surface area (Å²) in [5, 5.41) is 3.09. The van der Waals surface area contributed by atoms with Crippen LogP contribution in [0.2, 0.25) is 10.0 Å². The molecule has 2 saturated heterocycles. The minimum absolute atomic E-state index is 0.243. The van der Waals surface area contributed by atoms with Crippen molar-refractivity contribution >= 4 is 87.7 Å². The maximum Gasteiger partial charge on any atom is 0.466 e. The molecule has 6 rings (SSSR count). The Bertz CT molecular complexity index is 2120. The van der Waals surface area contributed by atoms with Gasteiger partial charge in [-0.05, 0) is 67.9 Å². The summed E-state index contributed by atoms with van der Waals surface area (Å²) in [5.74, 6) is 0. The van der Waals surface area contributed by atoms with E-state index in [-0.39, 0.29) is 26.2 Å². The van der Waals surface area contributed by atoms with Crippen LogP contribution in [0.1, 0.15) is 14.6 Å². The smallest absolute Gasteiger partial charge is 0.368 e. The molecule has 4 aromatic rings. The Kier molecular flexibility index (Phi) is 16.7. The van der Waals surface area contributed by atoms with Crippen LogP contribution in [0, 0.1) is 0 Å². The molecule has 2 aromatic heterocycles. The zero-order chi connectivity index (χ0) is 48.6. The van der Waals surface area contributed by atoms with Crippen molar-refractivity contribution in [2.24, 2.45) is 0 Å². The SMILES string of the molecule is O=P(O)(O)O.O=P(O)(O)O.O=P(O)(O)O.O=P(O)(O)O.[2H]C([2H])(N1CCN(c2ccnc3cc(Cl)ccc23)CC1)C([2H])([2H])C([2H])([2H])N1CCN(c2ccnc3cc(Cl)ccc23)CC1. The van der Waals surface area contributed by atoms with E-state index in [4.69, 9.17) is 108 Å². The van der Waals surface area contributed by atoms with Crippen LogP contribution in [0.4, 0.5) is 11.4 Å². The average molecular weight is 934 g/mol. The molecule has 0 bridgehead atoms. The zero-order valence-corrected chi connectivity index (χ0v) is 34.2.